The molecule has 0 amide bonds. The molecule has 1 unspecified atom stereocenters. The van der Waals surface area contributed by atoms with Gasteiger partial charge in [-0.3, -0.25) is 19.8 Å². The van der Waals surface area contributed by atoms with Crippen molar-refractivity contribution in [3.05, 3.63) is 77.4 Å². The third-order valence-corrected chi connectivity index (χ3v) is 7.45. The molecule has 0 fully saturated rings. The third-order valence-electron chi connectivity index (χ3n) is 6.15. The van der Waals surface area contributed by atoms with Gasteiger partial charge in [0.15, 0.2) is 5.78 Å². The van der Waals surface area contributed by atoms with E-state index in [1.165, 1.54) is 18.2 Å². The van der Waals surface area contributed by atoms with Crippen LogP contribution in [0.1, 0.15) is 47.9 Å². The Kier molecular flexibility index (Phi) is 5.59. The van der Waals surface area contributed by atoms with Crippen molar-refractivity contribution in [3.63, 3.8) is 0 Å². The second kappa shape index (κ2) is 8.01. The zero-order chi connectivity index (χ0) is 24.2. The fourth-order valence-electron chi connectivity index (χ4n) is 4.82. The van der Waals surface area contributed by atoms with E-state index in [4.69, 9.17) is 17.3 Å². The van der Waals surface area contributed by atoms with Gasteiger partial charge in [-0.15, -0.1) is 11.3 Å². The van der Waals surface area contributed by atoms with Crippen molar-refractivity contribution in [2.75, 3.05) is 4.90 Å². The smallest absolute Gasteiger partial charge is 0.271 e. The molecule has 2 N–H and O–H groups in total. The van der Waals surface area contributed by atoms with E-state index in [9.17, 15) is 20.2 Å². The Hall–Kier alpha value is -3.15. The largest absolute Gasteiger partial charge is 0.384 e. The number of non-ortho nitro benzene ring substituents is 1. The Morgan fingerprint density at radius 3 is 2.58 bits per heavy atom. The monoisotopic (exact) mass is 482 g/mol. The molecule has 7 nitrogen and oxygen atoms in total. The second-order valence-electron chi connectivity index (χ2n) is 9.24. The molecule has 1 aromatic carbocycles. The minimum absolute atomic E-state index is 0.0543. The molecule has 170 valence electrons. The number of hydrogen-bond donors (Lipinski definition) is 1. The molecule has 4 rings (SSSR count). The van der Waals surface area contributed by atoms with Crippen molar-refractivity contribution >= 4 is 40.1 Å². The maximum absolute atomic E-state index is 13.6. The van der Waals surface area contributed by atoms with Crippen LogP contribution in [0.15, 0.2) is 46.9 Å². The number of hydrogen-bond acceptors (Lipinski definition) is 7. The van der Waals surface area contributed by atoms with Crippen LogP contribution in [0, 0.1) is 40.7 Å². The molecule has 0 radical (unpaired) electrons. The van der Waals surface area contributed by atoms with Gasteiger partial charge in [-0.25, -0.2) is 0 Å². The molecule has 1 aliphatic heterocycles. The minimum Gasteiger partial charge on any atom is -0.384 e. The Balaban J connectivity index is 2.05. The van der Waals surface area contributed by atoms with Crippen LogP contribution in [-0.2, 0) is 4.79 Å². The number of nitrogens with zero attached hydrogens (tertiary/aromatic N) is 3. The van der Waals surface area contributed by atoms with Crippen molar-refractivity contribution in [2.45, 2.75) is 46.5 Å². The number of carbonyl (C=O) groups excluding carboxylic acids is 1. The lowest BCUT2D eigenvalue weighted by atomic mass is 9.68. The molecule has 0 saturated carbocycles. The second-order valence-corrected chi connectivity index (χ2v) is 11.1. The molecular weight excluding hydrogens is 460 g/mol. The van der Waals surface area contributed by atoms with Gasteiger partial charge in [0.1, 0.15) is 5.82 Å². The summed E-state index contributed by atoms with van der Waals surface area (Å²) in [5.41, 5.74) is 8.67. The Morgan fingerprint density at radius 1 is 1.30 bits per heavy atom. The average molecular weight is 483 g/mol. The number of thiophene rings is 1. The van der Waals surface area contributed by atoms with E-state index < -0.39 is 10.8 Å². The molecule has 33 heavy (non-hydrogen) atoms. The van der Waals surface area contributed by atoms with Gasteiger partial charge in [0, 0.05) is 39.6 Å². The highest BCUT2D eigenvalue weighted by atomic mass is 35.5. The van der Waals surface area contributed by atoms with E-state index in [0.29, 0.717) is 24.1 Å². The summed E-state index contributed by atoms with van der Waals surface area (Å²) in [4.78, 5) is 28.2. The van der Waals surface area contributed by atoms with Crippen LogP contribution in [-0.4, -0.2) is 10.7 Å². The van der Waals surface area contributed by atoms with Crippen LogP contribution >= 0.6 is 22.9 Å². The molecule has 1 aliphatic carbocycles. The van der Waals surface area contributed by atoms with Gasteiger partial charge in [-0.2, -0.15) is 5.26 Å². The van der Waals surface area contributed by atoms with Crippen LogP contribution in [0.3, 0.4) is 0 Å². The maximum atomic E-state index is 13.6. The number of anilines is 1. The number of nitro groups is 1. The summed E-state index contributed by atoms with van der Waals surface area (Å²) in [6.07, 6.45) is 0.838. The number of carbonyl (C=O) groups is 1. The first-order valence-corrected chi connectivity index (χ1v) is 11.6. The average Bonchev–Trinajstić information content (AvgIpc) is 3.04. The van der Waals surface area contributed by atoms with Gasteiger partial charge in [0.25, 0.3) is 5.69 Å². The van der Waals surface area contributed by atoms with E-state index in [-0.39, 0.29) is 39.0 Å². The first kappa shape index (κ1) is 23.0. The lowest BCUT2D eigenvalue weighted by Gasteiger charge is -2.43. The number of ketones is 1. The van der Waals surface area contributed by atoms with Gasteiger partial charge < -0.3 is 5.73 Å². The summed E-state index contributed by atoms with van der Waals surface area (Å²) in [6, 6.07) is 8.31. The highest BCUT2D eigenvalue weighted by Gasteiger charge is 2.45. The summed E-state index contributed by atoms with van der Waals surface area (Å²) in [5.74, 6) is -0.494. The number of allylic oxidation sites excluding steroid dienone is 3. The Morgan fingerprint density at radius 2 is 2.00 bits per heavy atom. The van der Waals surface area contributed by atoms with Crippen LogP contribution < -0.4 is 10.6 Å². The normalized spacial score (nSPS) is 20.1. The number of benzene rings is 1. The van der Waals surface area contributed by atoms with Crippen molar-refractivity contribution in [1.29, 1.82) is 5.26 Å². The molecule has 0 bridgehead atoms. The van der Waals surface area contributed by atoms with E-state index in [2.05, 4.69) is 6.07 Å². The summed E-state index contributed by atoms with van der Waals surface area (Å²) in [7, 11) is 0. The van der Waals surface area contributed by atoms with Gasteiger partial charge in [-0.05, 0) is 43.4 Å². The number of aryl methyl sites for hydroxylation is 2. The fourth-order valence-corrected chi connectivity index (χ4v) is 5.98. The highest BCUT2D eigenvalue weighted by Crippen LogP contribution is 2.52. The van der Waals surface area contributed by atoms with Gasteiger partial charge in [-0.1, -0.05) is 25.4 Å². The van der Waals surface area contributed by atoms with Crippen molar-refractivity contribution in [2.24, 2.45) is 11.1 Å². The zero-order valence-corrected chi connectivity index (χ0v) is 20.3. The minimum atomic E-state index is -0.577. The topological polar surface area (TPSA) is 113 Å². The Labute approximate surface area is 200 Å². The summed E-state index contributed by atoms with van der Waals surface area (Å²) >= 11 is 8.09. The standard InChI is InChI=1S/C24H23ClN4O3S/c1-12-7-15(13(2)33-12)21-16(11-26)23(27)28(18-8-14(29(31)32)5-6-17(18)25)19-9-24(3,4)10-20(30)22(19)21/h5-8,21H,9-10,27H2,1-4H3. The predicted molar refractivity (Wildman–Crippen MR) is 129 cm³/mol. The van der Waals surface area contributed by atoms with Crippen LogP contribution in [0.5, 0.6) is 0 Å². The first-order valence-electron chi connectivity index (χ1n) is 10.4. The SMILES string of the molecule is Cc1cc(C2C(C#N)=C(N)N(c3cc([N+](=O)[O-])ccc3Cl)C3=C2C(=O)CC(C)(C)C3)c(C)s1. The third kappa shape index (κ3) is 3.81. The highest BCUT2D eigenvalue weighted by molar-refractivity contribution is 7.12. The van der Waals surface area contributed by atoms with Crippen LogP contribution in [0.4, 0.5) is 11.4 Å². The number of nitro benzene ring substituents is 1. The molecular formula is C24H23ClN4O3S. The number of Topliss-reactive ketones (excluding diaryl/α,β-unsaturated/α-hetero) is 1. The predicted octanol–water partition coefficient (Wildman–Crippen LogP) is 5.87. The molecule has 0 saturated heterocycles. The molecule has 0 spiro atoms. The molecule has 2 aliphatic rings. The fraction of sp³-hybridized carbons (Fsp3) is 0.333. The first-order chi connectivity index (χ1) is 15.4. The number of rotatable bonds is 3. The van der Waals surface area contributed by atoms with E-state index >= 15 is 0 Å². The molecule has 1 atom stereocenters. The summed E-state index contributed by atoms with van der Waals surface area (Å²) in [5, 5.41) is 21.8. The van der Waals surface area contributed by atoms with Crippen LogP contribution in [0.2, 0.25) is 5.02 Å². The quantitative estimate of drug-likeness (QED) is 0.432. The van der Waals surface area contributed by atoms with E-state index in [0.717, 1.165) is 15.3 Å². The lowest BCUT2D eigenvalue weighted by Crippen LogP contribution is -2.42. The van der Waals surface area contributed by atoms with Gasteiger partial charge in [0.2, 0.25) is 0 Å². The number of halogens is 1. The van der Waals surface area contributed by atoms with Gasteiger partial charge >= 0.3 is 0 Å². The molecule has 2 aromatic rings. The zero-order valence-electron chi connectivity index (χ0n) is 18.7. The number of nitriles is 1. The molecule has 9 heteroatoms. The lowest BCUT2D eigenvalue weighted by molar-refractivity contribution is -0.384. The van der Waals surface area contributed by atoms with E-state index in [1.54, 1.807) is 16.2 Å². The van der Waals surface area contributed by atoms with Crippen molar-refractivity contribution in [1.82, 2.24) is 0 Å². The summed E-state index contributed by atoms with van der Waals surface area (Å²) < 4.78 is 0. The van der Waals surface area contributed by atoms with Gasteiger partial charge in [0.05, 0.1) is 33.2 Å². The van der Waals surface area contributed by atoms with Crippen molar-refractivity contribution < 1.29 is 9.72 Å². The number of nitrogens with two attached hydrogens (primary N) is 1. The van der Waals surface area contributed by atoms with E-state index in [1.807, 2.05) is 33.8 Å². The summed E-state index contributed by atoms with van der Waals surface area (Å²) in [6.45, 7) is 7.95. The Bertz CT molecular complexity index is 1320. The van der Waals surface area contributed by atoms with Crippen molar-refractivity contribution in [3.8, 4) is 6.07 Å². The molecule has 1 aromatic heterocycles. The van der Waals surface area contributed by atoms with Crippen LogP contribution in [0.25, 0.3) is 0 Å². The molecule has 2 heterocycles. The maximum Gasteiger partial charge on any atom is 0.271 e.